The fourth-order valence-electron chi connectivity index (χ4n) is 1.99. The van der Waals surface area contributed by atoms with Gasteiger partial charge in [0.1, 0.15) is 5.69 Å². The Morgan fingerprint density at radius 2 is 2.00 bits per heavy atom. The minimum Gasteiger partial charge on any atom is -0.348 e. The Hall–Kier alpha value is -1.95. The molecule has 122 valence electrons. The van der Waals surface area contributed by atoms with Crippen molar-refractivity contribution < 1.29 is 4.79 Å². The number of hydrogen-bond donors (Lipinski definition) is 2. The molecule has 0 saturated carbocycles. The van der Waals surface area contributed by atoms with Crippen molar-refractivity contribution in [3.63, 3.8) is 0 Å². The molecule has 5 nitrogen and oxygen atoms in total. The molecule has 0 radical (unpaired) electrons. The highest BCUT2D eigenvalue weighted by atomic mass is 79.9. The Balaban J connectivity index is 2.22. The van der Waals surface area contributed by atoms with E-state index in [0.717, 1.165) is 27.8 Å². The number of carbonyl (C=O) groups is 1. The number of halogens is 1. The molecule has 0 aliphatic rings. The molecule has 0 fully saturated rings. The molecule has 1 amide bonds. The van der Waals surface area contributed by atoms with Crippen LogP contribution in [-0.2, 0) is 0 Å². The highest BCUT2D eigenvalue weighted by Crippen LogP contribution is 2.22. The summed E-state index contributed by atoms with van der Waals surface area (Å²) in [7, 11) is 0. The number of amides is 1. The third-order valence-corrected chi connectivity index (χ3v) is 4.38. The summed E-state index contributed by atoms with van der Waals surface area (Å²) in [5, 5.41) is 6.07. The Labute approximate surface area is 145 Å². The fraction of sp³-hybridized carbons (Fsp3) is 0.353. The first-order valence-electron chi connectivity index (χ1n) is 7.58. The zero-order valence-electron chi connectivity index (χ0n) is 13.8. The molecule has 1 atom stereocenters. The first kappa shape index (κ1) is 17.4. The molecule has 0 aliphatic carbocycles. The Morgan fingerprint density at radius 3 is 2.65 bits per heavy atom. The van der Waals surface area contributed by atoms with Crippen molar-refractivity contribution in [2.45, 2.75) is 40.2 Å². The second-order valence-electron chi connectivity index (χ2n) is 5.59. The predicted molar refractivity (Wildman–Crippen MR) is 96.1 cm³/mol. The number of aryl methyl sites for hydroxylation is 2. The summed E-state index contributed by atoms with van der Waals surface area (Å²) in [6, 6.07) is 7.69. The minimum atomic E-state index is -0.181. The smallest absolute Gasteiger partial charge is 0.270 e. The van der Waals surface area contributed by atoms with Crippen LogP contribution in [-0.4, -0.2) is 21.9 Å². The van der Waals surface area contributed by atoms with Crippen molar-refractivity contribution in [3.05, 3.63) is 45.7 Å². The van der Waals surface area contributed by atoms with E-state index in [-0.39, 0.29) is 11.9 Å². The second-order valence-corrected chi connectivity index (χ2v) is 6.44. The zero-order chi connectivity index (χ0) is 17.0. The predicted octanol–water partition coefficient (Wildman–Crippen LogP) is 4.13. The number of aromatic nitrogens is 2. The molecule has 2 N–H and O–H groups in total. The molecule has 6 heteroatoms. The van der Waals surface area contributed by atoms with Crippen molar-refractivity contribution in [3.8, 4) is 0 Å². The standard InChI is InChI=1S/C17H21BrN4O/c1-5-11(3)19-16(23)15-9-12(4)20-17(22-15)21-13-6-7-14(18)10(2)8-13/h6-9,11H,5H2,1-4H3,(H,19,23)(H,20,21,22). The van der Waals surface area contributed by atoms with Gasteiger partial charge in [-0.05, 0) is 57.0 Å². The zero-order valence-corrected chi connectivity index (χ0v) is 15.4. The third kappa shape index (κ3) is 4.76. The van der Waals surface area contributed by atoms with Gasteiger partial charge in [0.25, 0.3) is 5.91 Å². The van der Waals surface area contributed by atoms with Crippen LogP contribution < -0.4 is 10.6 Å². The molecule has 1 unspecified atom stereocenters. The number of anilines is 2. The van der Waals surface area contributed by atoms with E-state index in [1.165, 1.54) is 0 Å². The van der Waals surface area contributed by atoms with Crippen molar-refractivity contribution >= 4 is 33.5 Å². The average molecular weight is 377 g/mol. The van der Waals surface area contributed by atoms with Crippen LogP contribution in [0.5, 0.6) is 0 Å². The Kier molecular flexibility index (Phi) is 5.71. The summed E-state index contributed by atoms with van der Waals surface area (Å²) >= 11 is 3.47. The van der Waals surface area contributed by atoms with Gasteiger partial charge in [-0.1, -0.05) is 22.9 Å². The lowest BCUT2D eigenvalue weighted by atomic mass is 10.2. The maximum atomic E-state index is 12.2. The summed E-state index contributed by atoms with van der Waals surface area (Å²) in [6.45, 7) is 7.85. The maximum absolute atomic E-state index is 12.2. The molecule has 1 aromatic heterocycles. The monoisotopic (exact) mass is 376 g/mol. The van der Waals surface area contributed by atoms with Crippen LogP contribution in [0.4, 0.5) is 11.6 Å². The van der Waals surface area contributed by atoms with Crippen molar-refractivity contribution in [1.29, 1.82) is 0 Å². The lowest BCUT2D eigenvalue weighted by molar-refractivity contribution is 0.0934. The van der Waals surface area contributed by atoms with E-state index in [0.29, 0.717) is 11.6 Å². The second kappa shape index (κ2) is 7.55. The van der Waals surface area contributed by atoms with Crippen LogP contribution >= 0.6 is 15.9 Å². The van der Waals surface area contributed by atoms with Gasteiger partial charge in [-0.25, -0.2) is 9.97 Å². The topological polar surface area (TPSA) is 66.9 Å². The normalized spacial score (nSPS) is 11.9. The summed E-state index contributed by atoms with van der Waals surface area (Å²) in [5.74, 6) is 0.237. The highest BCUT2D eigenvalue weighted by molar-refractivity contribution is 9.10. The number of benzene rings is 1. The quantitative estimate of drug-likeness (QED) is 0.822. The van der Waals surface area contributed by atoms with Crippen molar-refractivity contribution in [2.75, 3.05) is 5.32 Å². The molecular formula is C17H21BrN4O. The average Bonchev–Trinajstić information content (AvgIpc) is 2.50. The third-order valence-electron chi connectivity index (χ3n) is 3.49. The SMILES string of the molecule is CCC(C)NC(=O)c1cc(C)nc(Nc2ccc(Br)c(C)c2)n1. The van der Waals surface area contributed by atoms with E-state index in [2.05, 4.69) is 36.5 Å². The molecule has 0 bridgehead atoms. The number of nitrogens with one attached hydrogen (secondary N) is 2. The van der Waals surface area contributed by atoms with Gasteiger partial charge in [0.15, 0.2) is 0 Å². The lowest BCUT2D eigenvalue weighted by Crippen LogP contribution is -2.32. The van der Waals surface area contributed by atoms with Crippen molar-refractivity contribution in [2.24, 2.45) is 0 Å². The van der Waals surface area contributed by atoms with Crippen LogP contribution in [0.1, 0.15) is 42.0 Å². The van der Waals surface area contributed by atoms with Crippen LogP contribution in [0.2, 0.25) is 0 Å². The molecule has 0 aliphatic heterocycles. The van der Waals surface area contributed by atoms with Crippen molar-refractivity contribution in [1.82, 2.24) is 15.3 Å². The molecule has 0 saturated heterocycles. The van der Waals surface area contributed by atoms with Gasteiger partial charge in [0.05, 0.1) is 0 Å². The number of rotatable bonds is 5. The van der Waals surface area contributed by atoms with Crippen LogP contribution in [0.25, 0.3) is 0 Å². The summed E-state index contributed by atoms with van der Waals surface area (Å²) in [5.41, 5.74) is 3.10. The first-order chi connectivity index (χ1) is 10.9. The molecule has 1 heterocycles. The highest BCUT2D eigenvalue weighted by Gasteiger charge is 2.12. The molecule has 2 aromatic rings. The Morgan fingerprint density at radius 1 is 1.26 bits per heavy atom. The van der Waals surface area contributed by atoms with Gasteiger partial charge in [0, 0.05) is 21.9 Å². The van der Waals surface area contributed by atoms with E-state index in [9.17, 15) is 4.79 Å². The van der Waals surface area contributed by atoms with Gasteiger partial charge >= 0.3 is 0 Å². The summed E-state index contributed by atoms with van der Waals surface area (Å²) in [4.78, 5) is 20.9. The summed E-state index contributed by atoms with van der Waals surface area (Å²) in [6.07, 6.45) is 0.874. The summed E-state index contributed by atoms with van der Waals surface area (Å²) < 4.78 is 1.04. The van der Waals surface area contributed by atoms with Crippen LogP contribution in [0.3, 0.4) is 0 Å². The van der Waals surface area contributed by atoms with Gasteiger partial charge in [-0.2, -0.15) is 0 Å². The van der Waals surface area contributed by atoms with E-state index < -0.39 is 0 Å². The fourth-order valence-corrected chi connectivity index (χ4v) is 2.24. The van der Waals surface area contributed by atoms with E-state index in [4.69, 9.17) is 0 Å². The number of hydrogen-bond acceptors (Lipinski definition) is 4. The maximum Gasteiger partial charge on any atom is 0.270 e. The van der Waals surface area contributed by atoms with E-state index >= 15 is 0 Å². The molecule has 23 heavy (non-hydrogen) atoms. The Bertz CT molecular complexity index is 718. The van der Waals surface area contributed by atoms with E-state index in [1.807, 2.05) is 45.9 Å². The first-order valence-corrected chi connectivity index (χ1v) is 8.38. The lowest BCUT2D eigenvalue weighted by Gasteiger charge is -2.12. The number of nitrogens with zero attached hydrogens (tertiary/aromatic N) is 2. The van der Waals surface area contributed by atoms with Gasteiger partial charge in [-0.15, -0.1) is 0 Å². The number of carbonyl (C=O) groups excluding carboxylic acids is 1. The van der Waals surface area contributed by atoms with E-state index in [1.54, 1.807) is 6.07 Å². The van der Waals surface area contributed by atoms with Gasteiger partial charge < -0.3 is 10.6 Å². The minimum absolute atomic E-state index is 0.114. The molecule has 2 rings (SSSR count). The van der Waals surface area contributed by atoms with Gasteiger partial charge in [0.2, 0.25) is 5.95 Å². The molecule has 0 spiro atoms. The largest absolute Gasteiger partial charge is 0.348 e. The van der Waals surface area contributed by atoms with Gasteiger partial charge in [-0.3, -0.25) is 4.79 Å². The molecular weight excluding hydrogens is 356 g/mol. The van der Waals surface area contributed by atoms with Crippen LogP contribution in [0.15, 0.2) is 28.7 Å². The van der Waals surface area contributed by atoms with Crippen LogP contribution in [0, 0.1) is 13.8 Å². The molecule has 1 aromatic carbocycles.